The molecular formula is C35H40O9. The van der Waals surface area contributed by atoms with Crippen LogP contribution < -0.4 is 28.4 Å². The third kappa shape index (κ3) is 8.67. The van der Waals surface area contributed by atoms with Crippen molar-refractivity contribution in [3.8, 4) is 34.5 Å². The Balaban J connectivity index is 2.07. The van der Waals surface area contributed by atoms with Crippen molar-refractivity contribution in [2.75, 3.05) is 61.0 Å². The van der Waals surface area contributed by atoms with Gasteiger partial charge in [-0.3, -0.25) is 0 Å². The van der Waals surface area contributed by atoms with Crippen molar-refractivity contribution in [3.05, 3.63) is 82.9 Å². The zero-order valence-electron chi connectivity index (χ0n) is 25.4. The van der Waals surface area contributed by atoms with Gasteiger partial charge in [0.25, 0.3) is 0 Å². The molecular weight excluding hydrogens is 564 g/mol. The van der Waals surface area contributed by atoms with E-state index in [1.54, 1.807) is 39.5 Å². The molecule has 3 aromatic carbocycles. The molecule has 0 unspecified atom stereocenters. The lowest BCUT2D eigenvalue weighted by Crippen LogP contribution is -2.04. The van der Waals surface area contributed by atoms with Gasteiger partial charge in [-0.1, -0.05) is 49.6 Å². The summed E-state index contributed by atoms with van der Waals surface area (Å²) >= 11 is 0. The van der Waals surface area contributed by atoms with Crippen molar-refractivity contribution in [1.82, 2.24) is 0 Å². The highest BCUT2D eigenvalue weighted by Gasteiger charge is 2.13. The van der Waals surface area contributed by atoms with Gasteiger partial charge in [-0.05, 0) is 36.4 Å². The van der Waals surface area contributed by atoms with Crippen LogP contribution in [0.2, 0.25) is 0 Å². The number of aliphatic hydroxyl groups is 3. The summed E-state index contributed by atoms with van der Waals surface area (Å²) in [6.07, 6.45) is 10.7. The lowest BCUT2D eigenvalue weighted by atomic mass is 10.0. The molecule has 234 valence electrons. The van der Waals surface area contributed by atoms with Gasteiger partial charge in [-0.2, -0.15) is 0 Å². The van der Waals surface area contributed by atoms with Crippen LogP contribution in [0.4, 0.5) is 0 Å². The van der Waals surface area contributed by atoms with Crippen LogP contribution in [0.15, 0.2) is 49.6 Å². The largest absolute Gasteiger partial charge is 0.496 e. The molecule has 0 bridgehead atoms. The third-order valence-electron chi connectivity index (χ3n) is 6.46. The van der Waals surface area contributed by atoms with Gasteiger partial charge in [0.05, 0.1) is 41.2 Å². The van der Waals surface area contributed by atoms with Crippen LogP contribution in [0.5, 0.6) is 34.5 Å². The Labute approximate surface area is 258 Å². The maximum atomic E-state index is 9.47. The van der Waals surface area contributed by atoms with E-state index in [2.05, 4.69) is 13.2 Å². The molecule has 3 N–H and O–H groups in total. The molecule has 0 heterocycles. The van der Waals surface area contributed by atoms with Crippen LogP contribution in [-0.4, -0.2) is 76.3 Å². The van der Waals surface area contributed by atoms with Gasteiger partial charge in [0, 0.05) is 33.4 Å². The lowest BCUT2D eigenvalue weighted by molar-refractivity contribution is 0.201. The van der Waals surface area contributed by atoms with Crippen LogP contribution in [0, 0.1) is 0 Å². The van der Waals surface area contributed by atoms with Gasteiger partial charge >= 0.3 is 0 Å². The monoisotopic (exact) mass is 604 g/mol. The van der Waals surface area contributed by atoms with Crippen molar-refractivity contribution in [1.29, 1.82) is 0 Å². The molecule has 3 rings (SSSR count). The van der Waals surface area contributed by atoms with Gasteiger partial charge in [-0.25, -0.2) is 0 Å². The normalized spacial score (nSPS) is 11.0. The molecule has 0 aliphatic heterocycles. The average molecular weight is 605 g/mol. The zero-order chi connectivity index (χ0) is 31.9. The number of methoxy groups -OCH3 is 3. The highest BCUT2D eigenvalue weighted by Crippen LogP contribution is 2.36. The maximum absolute atomic E-state index is 9.47. The van der Waals surface area contributed by atoms with Gasteiger partial charge in [-0.15, -0.1) is 0 Å². The van der Waals surface area contributed by atoms with Crippen molar-refractivity contribution >= 4 is 36.5 Å². The number of aliphatic hydroxyl groups excluding tert-OH is 3. The van der Waals surface area contributed by atoms with Crippen molar-refractivity contribution in [2.45, 2.75) is 0 Å². The Bertz CT molecular complexity index is 1470. The molecule has 9 nitrogen and oxygen atoms in total. The summed E-state index contributed by atoms with van der Waals surface area (Å²) in [6, 6.07) is 10.9. The first kappa shape index (κ1) is 33.8. The molecule has 3 aromatic rings. The van der Waals surface area contributed by atoms with Crippen LogP contribution in [-0.2, 0) is 0 Å². The van der Waals surface area contributed by atoms with E-state index < -0.39 is 0 Å². The van der Waals surface area contributed by atoms with Gasteiger partial charge < -0.3 is 43.7 Å². The Kier molecular flexibility index (Phi) is 13.4. The molecule has 0 saturated heterocycles. The second kappa shape index (κ2) is 17.4. The van der Waals surface area contributed by atoms with E-state index in [1.807, 2.05) is 54.6 Å². The summed E-state index contributed by atoms with van der Waals surface area (Å²) in [5, 5.41) is 28.0. The SMILES string of the molecule is C=Cc1cc(OCCO)c(/C=C/c2cc(OCCO)c(/C=C/c3cc(OCCO)c(C=C)cc3OC)cc2OC)cc1OC. The van der Waals surface area contributed by atoms with E-state index in [9.17, 15) is 15.3 Å². The number of rotatable bonds is 18. The first-order valence-electron chi connectivity index (χ1n) is 13.9. The van der Waals surface area contributed by atoms with E-state index in [4.69, 9.17) is 28.4 Å². The van der Waals surface area contributed by atoms with Crippen LogP contribution in [0.25, 0.3) is 36.5 Å². The van der Waals surface area contributed by atoms with E-state index in [-0.39, 0.29) is 39.6 Å². The van der Waals surface area contributed by atoms with Crippen LogP contribution >= 0.6 is 0 Å². The molecule has 0 saturated carbocycles. The molecule has 0 spiro atoms. The smallest absolute Gasteiger partial charge is 0.127 e. The van der Waals surface area contributed by atoms with Crippen LogP contribution in [0.1, 0.15) is 33.4 Å². The first-order valence-corrected chi connectivity index (χ1v) is 13.9. The summed E-state index contributed by atoms with van der Waals surface area (Å²) < 4.78 is 34.2. The minimum Gasteiger partial charge on any atom is -0.496 e. The Morgan fingerprint density at radius 3 is 1.05 bits per heavy atom. The predicted octanol–water partition coefficient (Wildman–Crippen LogP) is 5.45. The van der Waals surface area contributed by atoms with E-state index in [0.717, 1.165) is 22.3 Å². The van der Waals surface area contributed by atoms with E-state index >= 15 is 0 Å². The number of ether oxygens (including phenoxy) is 6. The summed E-state index contributed by atoms with van der Waals surface area (Å²) in [7, 11) is 4.74. The third-order valence-corrected chi connectivity index (χ3v) is 6.46. The minimum atomic E-state index is -0.163. The molecule has 0 amide bonds. The number of benzene rings is 3. The Hall–Kier alpha value is -4.70. The molecule has 0 aliphatic rings. The fraction of sp³-hybridized carbons (Fsp3) is 0.257. The zero-order valence-corrected chi connectivity index (χ0v) is 25.4. The number of hydrogen-bond acceptors (Lipinski definition) is 9. The highest BCUT2D eigenvalue weighted by atomic mass is 16.5. The Morgan fingerprint density at radius 1 is 0.455 bits per heavy atom. The quantitative estimate of drug-likeness (QED) is 0.163. The summed E-state index contributed by atoms with van der Waals surface area (Å²) in [4.78, 5) is 0. The van der Waals surface area contributed by atoms with Crippen LogP contribution in [0.3, 0.4) is 0 Å². The molecule has 9 heteroatoms. The fourth-order valence-electron chi connectivity index (χ4n) is 4.35. The standard InChI is InChI=1S/C35H40O9/c1-6-24-19-34(43-16-13-37)28(20-30(24)39-3)10-9-27-23-35(44-17-14-38)29(21-32(27)41-5)11-8-26-22-33(42-15-12-36)25(7-2)18-31(26)40-4/h6-11,18-23,36-38H,1-2,12-17H2,3-5H3/b10-9+,11-8+. The molecule has 0 aromatic heterocycles. The second-order valence-corrected chi connectivity index (χ2v) is 9.19. The van der Waals surface area contributed by atoms with Crippen molar-refractivity contribution in [2.24, 2.45) is 0 Å². The fourth-order valence-corrected chi connectivity index (χ4v) is 4.35. The molecule has 0 aliphatic carbocycles. The summed E-state index contributed by atoms with van der Waals surface area (Å²) in [6.45, 7) is 7.61. The summed E-state index contributed by atoms with van der Waals surface area (Å²) in [5.74, 6) is 3.44. The first-order chi connectivity index (χ1) is 21.5. The van der Waals surface area contributed by atoms with Gasteiger partial charge in [0.2, 0.25) is 0 Å². The molecule has 44 heavy (non-hydrogen) atoms. The topological polar surface area (TPSA) is 116 Å². The predicted molar refractivity (Wildman–Crippen MR) is 175 cm³/mol. The average Bonchev–Trinajstić information content (AvgIpc) is 3.06. The van der Waals surface area contributed by atoms with Gasteiger partial charge in [0.15, 0.2) is 0 Å². The van der Waals surface area contributed by atoms with E-state index in [0.29, 0.717) is 45.6 Å². The lowest BCUT2D eigenvalue weighted by Gasteiger charge is -2.15. The summed E-state index contributed by atoms with van der Waals surface area (Å²) in [5.41, 5.74) is 4.36. The molecule has 0 atom stereocenters. The minimum absolute atomic E-state index is 0.0895. The number of hydrogen-bond donors (Lipinski definition) is 3. The Morgan fingerprint density at radius 2 is 0.705 bits per heavy atom. The maximum Gasteiger partial charge on any atom is 0.127 e. The van der Waals surface area contributed by atoms with Crippen molar-refractivity contribution < 1.29 is 43.7 Å². The molecule has 0 fully saturated rings. The second-order valence-electron chi connectivity index (χ2n) is 9.19. The molecule has 0 radical (unpaired) electrons. The van der Waals surface area contributed by atoms with E-state index in [1.165, 1.54) is 0 Å². The highest BCUT2D eigenvalue weighted by molar-refractivity contribution is 5.82. The van der Waals surface area contributed by atoms with Gasteiger partial charge in [0.1, 0.15) is 54.3 Å². The van der Waals surface area contributed by atoms with Crippen molar-refractivity contribution in [3.63, 3.8) is 0 Å².